The number of hydrogen-bond donors (Lipinski definition) is 1. The van der Waals surface area contributed by atoms with Crippen LogP contribution in [-0.4, -0.2) is 18.2 Å². The van der Waals surface area contributed by atoms with Crippen LogP contribution in [0.5, 0.6) is 5.75 Å². The Bertz CT molecular complexity index is 351. The molecule has 3 nitrogen and oxygen atoms in total. The number of esters is 1. The van der Waals surface area contributed by atoms with E-state index in [0.717, 1.165) is 12.1 Å². The molecular formula is C8H6ClFO3. The number of aromatic hydroxyl groups is 1. The first-order valence-corrected chi connectivity index (χ1v) is 3.70. The number of phenols is 1. The molecule has 1 aromatic rings. The zero-order chi connectivity index (χ0) is 10.0. The highest BCUT2D eigenvalue weighted by atomic mass is 35.5. The third kappa shape index (κ3) is 1.89. The minimum atomic E-state index is -0.877. The maximum absolute atomic E-state index is 12.6. The highest BCUT2D eigenvalue weighted by Gasteiger charge is 2.14. The van der Waals surface area contributed by atoms with Crippen molar-refractivity contribution in [3.05, 3.63) is 28.5 Å². The van der Waals surface area contributed by atoms with Gasteiger partial charge < -0.3 is 9.84 Å². The topological polar surface area (TPSA) is 46.5 Å². The van der Waals surface area contributed by atoms with E-state index in [-0.39, 0.29) is 10.6 Å². The van der Waals surface area contributed by atoms with Gasteiger partial charge in [0.2, 0.25) is 0 Å². The highest BCUT2D eigenvalue weighted by molar-refractivity contribution is 6.33. The van der Waals surface area contributed by atoms with E-state index < -0.39 is 17.5 Å². The van der Waals surface area contributed by atoms with E-state index in [4.69, 9.17) is 16.7 Å². The van der Waals surface area contributed by atoms with Crippen LogP contribution >= 0.6 is 11.6 Å². The Morgan fingerprint density at radius 3 is 2.77 bits per heavy atom. The van der Waals surface area contributed by atoms with Gasteiger partial charge in [0.1, 0.15) is 0 Å². The number of hydrogen-bond acceptors (Lipinski definition) is 3. The Labute approximate surface area is 78.7 Å². The highest BCUT2D eigenvalue weighted by Crippen LogP contribution is 2.25. The number of benzene rings is 1. The first-order chi connectivity index (χ1) is 6.06. The molecule has 0 amide bonds. The molecule has 0 aliphatic carbocycles. The van der Waals surface area contributed by atoms with Crippen LogP contribution in [0, 0.1) is 5.82 Å². The quantitative estimate of drug-likeness (QED) is 0.712. The average Bonchev–Trinajstić information content (AvgIpc) is 2.10. The molecule has 0 fully saturated rings. The van der Waals surface area contributed by atoms with E-state index in [1.54, 1.807) is 0 Å². The van der Waals surface area contributed by atoms with Crippen molar-refractivity contribution in [2.24, 2.45) is 0 Å². The van der Waals surface area contributed by atoms with E-state index >= 15 is 0 Å². The SMILES string of the molecule is COC(=O)c1cc(O)c(F)cc1Cl. The number of methoxy groups -OCH3 is 1. The normalized spacial score (nSPS) is 9.77. The molecule has 0 unspecified atom stereocenters. The Morgan fingerprint density at radius 2 is 2.23 bits per heavy atom. The smallest absolute Gasteiger partial charge is 0.339 e. The van der Waals surface area contributed by atoms with Crippen LogP contribution in [0.1, 0.15) is 10.4 Å². The summed E-state index contributed by atoms with van der Waals surface area (Å²) < 4.78 is 17.0. The minimum absolute atomic E-state index is 0.0666. The summed E-state index contributed by atoms with van der Waals surface area (Å²) in [5.74, 6) is -2.23. The van der Waals surface area contributed by atoms with Crippen molar-refractivity contribution in [3.8, 4) is 5.75 Å². The van der Waals surface area contributed by atoms with E-state index in [9.17, 15) is 9.18 Å². The molecule has 0 radical (unpaired) electrons. The molecular weight excluding hydrogens is 199 g/mol. The number of carbonyl (C=O) groups excluding carboxylic acids is 1. The number of phenolic OH excluding ortho intramolecular Hbond substituents is 1. The van der Waals surface area contributed by atoms with Crippen molar-refractivity contribution in [1.82, 2.24) is 0 Å². The maximum Gasteiger partial charge on any atom is 0.339 e. The van der Waals surface area contributed by atoms with Gasteiger partial charge in [-0.1, -0.05) is 11.6 Å². The average molecular weight is 205 g/mol. The Morgan fingerprint density at radius 1 is 1.62 bits per heavy atom. The third-order valence-electron chi connectivity index (χ3n) is 1.44. The fourth-order valence-corrected chi connectivity index (χ4v) is 1.03. The van der Waals surface area contributed by atoms with Crippen molar-refractivity contribution in [1.29, 1.82) is 0 Å². The Hall–Kier alpha value is -1.29. The Kier molecular flexibility index (Phi) is 2.72. The molecule has 0 aromatic heterocycles. The molecule has 0 heterocycles. The second-order valence-corrected chi connectivity index (χ2v) is 2.68. The van der Waals surface area contributed by atoms with E-state index in [1.807, 2.05) is 0 Å². The molecule has 0 spiro atoms. The molecule has 0 bridgehead atoms. The fourth-order valence-electron chi connectivity index (χ4n) is 0.804. The monoisotopic (exact) mass is 204 g/mol. The lowest BCUT2D eigenvalue weighted by Gasteiger charge is -2.03. The molecule has 1 rings (SSSR count). The van der Waals surface area contributed by atoms with Gasteiger partial charge in [-0.25, -0.2) is 9.18 Å². The molecule has 70 valence electrons. The van der Waals surface area contributed by atoms with Gasteiger partial charge in [-0.05, 0) is 12.1 Å². The van der Waals surface area contributed by atoms with Crippen LogP contribution in [0.15, 0.2) is 12.1 Å². The fraction of sp³-hybridized carbons (Fsp3) is 0.125. The molecule has 0 saturated heterocycles. The van der Waals surface area contributed by atoms with Crippen molar-refractivity contribution >= 4 is 17.6 Å². The summed E-state index contributed by atoms with van der Waals surface area (Å²) in [5.41, 5.74) is -0.0666. The van der Waals surface area contributed by atoms with Crippen LogP contribution in [0.3, 0.4) is 0 Å². The zero-order valence-electron chi connectivity index (χ0n) is 6.67. The van der Waals surface area contributed by atoms with Crippen LogP contribution in [0.4, 0.5) is 4.39 Å². The molecule has 13 heavy (non-hydrogen) atoms. The van der Waals surface area contributed by atoms with Crippen LogP contribution in [0.25, 0.3) is 0 Å². The number of rotatable bonds is 1. The predicted molar refractivity (Wildman–Crippen MR) is 44.4 cm³/mol. The number of carbonyl (C=O) groups is 1. The zero-order valence-corrected chi connectivity index (χ0v) is 7.43. The second kappa shape index (κ2) is 3.62. The van der Waals surface area contributed by atoms with Crippen LogP contribution < -0.4 is 0 Å². The lowest BCUT2D eigenvalue weighted by Crippen LogP contribution is -2.02. The van der Waals surface area contributed by atoms with Gasteiger partial charge in [0.15, 0.2) is 11.6 Å². The second-order valence-electron chi connectivity index (χ2n) is 2.28. The molecule has 1 N–H and O–H groups in total. The molecule has 0 atom stereocenters. The van der Waals surface area contributed by atoms with Crippen molar-refractivity contribution in [3.63, 3.8) is 0 Å². The largest absolute Gasteiger partial charge is 0.505 e. The van der Waals surface area contributed by atoms with Crippen molar-refractivity contribution in [2.75, 3.05) is 7.11 Å². The van der Waals surface area contributed by atoms with Crippen LogP contribution in [-0.2, 0) is 4.74 Å². The summed E-state index contributed by atoms with van der Waals surface area (Å²) in [4.78, 5) is 11.0. The van der Waals surface area contributed by atoms with E-state index in [2.05, 4.69) is 4.74 Å². The summed E-state index contributed by atoms with van der Waals surface area (Å²) in [7, 11) is 1.17. The first kappa shape index (κ1) is 9.80. The first-order valence-electron chi connectivity index (χ1n) is 3.32. The molecule has 0 aliphatic rings. The number of halogens is 2. The lowest BCUT2D eigenvalue weighted by molar-refractivity contribution is 0.0600. The lowest BCUT2D eigenvalue weighted by atomic mass is 10.2. The van der Waals surface area contributed by atoms with Crippen LogP contribution in [0.2, 0.25) is 5.02 Å². The molecule has 1 aromatic carbocycles. The van der Waals surface area contributed by atoms with Gasteiger partial charge in [-0.3, -0.25) is 0 Å². The molecule has 0 saturated carbocycles. The summed E-state index contributed by atoms with van der Waals surface area (Å²) >= 11 is 5.52. The van der Waals surface area contributed by atoms with E-state index in [1.165, 1.54) is 7.11 Å². The third-order valence-corrected chi connectivity index (χ3v) is 1.75. The summed E-state index contributed by atoms with van der Waals surface area (Å²) in [6, 6.07) is 1.77. The van der Waals surface area contributed by atoms with Gasteiger partial charge in [0.25, 0.3) is 0 Å². The summed E-state index contributed by atoms with van der Waals surface area (Å²) in [6.45, 7) is 0. The van der Waals surface area contributed by atoms with Gasteiger partial charge in [0, 0.05) is 0 Å². The minimum Gasteiger partial charge on any atom is -0.505 e. The van der Waals surface area contributed by atoms with E-state index in [0.29, 0.717) is 0 Å². The standard InChI is InChI=1S/C8H6ClFO3/c1-13-8(12)4-2-7(11)6(10)3-5(4)9/h2-3,11H,1H3. The van der Waals surface area contributed by atoms with Crippen molar-refractivity contribution in [2.45, 2.75) is 0 Å². The van der Waals surface area contributed by atoms with Gasteiger partial charge >= 0.3 is 5.97 Å². The number of ether oxygens (including phenoxy) is 1. The van der Waals surface area contributed by atoms with Gasteiger partial charge in [0.05, 0.1) is 17.7 Å². The van der Waals surface area contributed by atoms with Crippen molar-refractivity contribution < 1.29 is 19.0 Å². The Balaban J connectivity index is 3.23. The van der Waals surface area contributed by atoms with Gasteiger partial charge in [-0.15, -0.1) is 0 Å². The van der Waals surface area contributed by atoms with Gasteiger partial charge in [-0.2, -0.15) is 0 Å². The predicted octanol–water partition coefficient (Wildman–Crippen LogP) is 1.97. The molecule has 5 heteroatoms. The summed E-state index contributed by atoms with van der Waals surface area (Å²) in [6.07, 6.45) is 0. The maximum atomic E-state index is 12.6. The summed E-state index contributed by atoms with van der Waals surface area (Å²) in [5, 5.41) is 8.83. The molecule has 0 aliphatic heterocycles.